The summed E-state index contributed by atoms with van der Waals surface area (Å²) in [4.78, 5) is 26.0. The maximum absolute atomic E-state index is 12.4. The number of benzene rings is 1. The summed E-state index contributed by atoms with van der Waals surface area (Å²) in [6, 6.07) is 6.82. The number of nitrogens with one attached hydrogen (secondary N) is 1. The summed E-state index contributed by atoms with van der Waals surface area (Å²) in [6.07, 6.45) is 5.24. The summed E-state index contributed by atoms with van der Waals surface area (Å²) in [6.45, 7) is 5.55. The van der Waals surface area contributed by atoms with Gasteiger partial charge in [-0.2, -0.15) is 0 Å². The van der Waals surface area contributed by atoms with Crippen LogP contribution in [0.15, 0.2) is 68.8 Å². The average molecular weight is 446 g/mol. The Kier molecular flexibility index (Phi) is 7.95. The van der Waals surface area contributed by atoms with E-state index in [0.29, 0.717) is 29.5 Å². The second-order valence-corrected chi connectivity index (χ2v) is 8.76. The van der Waals surface area contributed by atoms with Gasteiger partial charge in [-0.05, 0) is 37.1 Å². The minimum Gasteiger partial charge on any atom is -0.423 e. The Morgan fingerprint density at radius 1 is 1.26 bits per heavy atom. The first-order valence-corrected chi connectivity index (χ1v) is 11.1. The van der Waals surface area contributed by atoms with E-state index in [0.717, 1.165) is 11.3 Å². The van der Waals surface area contributed by atoms with Crippen molar-refractivity contribution in [3.05, 3.63) is 75.5 Å². The molecule has 0 atom stereocenters. The topological polar surface area (TPSA) is 123 Å². The number of nitrogens with two attached hydrogens (primary N) is 1. The molecule has 0 bridgehead atoms. The molecule has 0 aliphatic rings. The molecule has 1 aromatic carbocycles. The molecule has 0 aliphatic carbocycles. The fourth-order valence-electron chi connectivity index (χ4n) is 2.84. The van der Waals surface area contributed by atoms with Crippen molar-refractivity contribution in [3.63, 3.8) is 0 Å². The van der Waals surface area contributed by atoms with E-state index in [1.165, 1.54) is 12.1 Å². The van der Waals surface area contributed by atoms with Crippen molar-refractivity contribution in [1.29, 1.82) is 0 Å². The normalized spacial score (nSPS) is 12.3. The van der Waals surface area contributed by atoms with Crippen molar-refractivity contribution < 1.29 is 17.6 Å². The molecule has 0 saturated carbocycles. The van der Waals surface area contributed by atoms with Gasteiger partial charge in [-0.25, -0.2) is 18.4 Å². The van der Waals surface area contributed by atoms with Gasteiger partial charge in [-0.3, -0.25) is 4.79 Å². The third kappa shape index (κ3) is 6.94. The van der Waals surface area contributed by atoms with Gasteiger partial charge in [0.2, 0.25) is 15.9 Å². The van der Waals surface area contributed by atoms with E-state index in [9.17, 15) is 18.0 Å². The molecule has 0 aliphatic heterocycles. The van der Waals surface area contributed by atoms with Crippen LogP contribution in [0.25, 0.3) is 11.0 Å². The predicted octanol–water partition coefficient (Wildman–Crippen LogP) is 2.21. The van der Waals surface area contributed by atoms with E-state index in [1.54, 1.807) is 25.1 Å². The predicted molar refractivity (Wildman–Crippen MR) is 123 cm³/mol. The Labute approximate surface area is 181 Å². The van der Waals surface area contributed by atoms with E-state index < -0.39 is 15.6 Å². The van der Waals surface area contributed by atoms with Crippen LogP contribution in [0, 0.1) is 0 Å². The van der Waals surface area contributed by atoms with Crippen LogP contribution in [-0.2, 0) is 21.2 Å². The number of carbonyl (C=O) groups excluding carboxylic acids is 1. The Hall–Kier alpha value is -3.17. The minimum absolute atomic E-state index is 0.0344. The lowest BCUT2D eigenvalue weighted by Gasteiger charge is -2.13. The molecule has 0 saturated heterocycles. The van der Waals surface area contributed by atoms with Crippen LogP contribution in [0.4, 0.5) is 5.69 Å². The molecular formula is C22H27N3O5S. The van der Waals surface area contributed by atoms with Gasteiger partial charge in [-0.15, -0.1) is 0 Å². The molecule has 1 heterocycles. The maximum Gasteiger partial charge on any atom is 0.336 e. The van der Waals surface area contributed by atoms with E-state index in [4.69, 9.17) is 9.56 Å². The lowest BCUT2D eigenvalue weighted by molar-refractivity contribution is -0.120. The summed E-state index contributed by atoms with van der Waals surface area (Å²) >= 11 is 0. The molecule has 8 nitrogen and oxygen atoms in total. The lowest BCUT2D eigenvalue weighted by atomic mass is 10.1. The second-order valence-electron chi connectivity index (χ2n) is 7.15. The quantitative estimate of drug-likeness (QED) is 0.451. The first kappa shape index (κ1) is 24.1. The number of carbonyl (C=O) groups is 1. The van der Waals surface area contributed by atoms with Crippen LogP contribution in [0.5, 0.6) is 0 Å². The Balaban J connectivity index is 2.03. The van der Waals surface area contributed by atoms with Crippen LogP contribution >= 0.6 is 0 Å². The van der Waals surface area contributed by atoms with Crippen molar-refractivity contribution in [2.24, 2.45) is 5.14 Å². The molecule has 3 N–H and O–H groups in total. The van der Waals surface area contributed by atoms with Crippen molar-refractivity contribution in [1.82, 2.24) is 5.32 Å². The molecular weight excluding hydrogens is 418 g/mol. The SMILES string of the molecule is C=C(/C=C\C(=C/C)CCNC(=O)Cc1cc(=O)oc2cc(N(C)C)ccc12)S(N)(=O)=O. The fourth-order valence-corrected chi connectivity index (χ4v) is 3.10. The molecule has 2 rings (SSSR count). The number of hydrogen-bond acceptors (Lipinski definition) is 6. The summed E-state index contributed by atoms with van der Waals surface area (Å²) in [7, 11) is -0.0494. The van der Waals surface area contributed by atoms with E-state index in [-0.39, 0.29) is 17.2 Å². The van der Waals surface area contributed by atoms with Gasteiger partial charge < -0.3 is 14.6 Å². The number of allylic oxidation sites excluding steroid dienone is 3. The van der Waals surface area contributed by atoms with E-state index >= 15 is 0 Å². The molecule has 0 fully saturated rings. The number of anilines is 1. The van der Waals surface area contributed by atoms with Gasteiger partial charge in [0.1, 0.15) is 5.58 Å². The highest BCUT2D eigenvalue weighted by molar-refractivity contribution is 7.93. The largest absolute Gasteiger partial charge is 0.423 e. The number of rotatable bonds is 9. The number of hydrogen-bond donors (Lipinski definition) is 2. The van der Waals surface area contributed by atoms with Gasteiger partial charge in [-0.1, -0.05) is 24.3 Å². The standard InChI is InChI=1S/C22H27N3O5S/c1-5-16(7-6-15(2)31(23,28)29)10-11-24-21(26)12-17-13-22(27)30-20-14-18(25(3)4)8-9-19(17)20/h5-9,13-14H,2,10-12H2,1,3-4H3,(H,24,26)(H2,23,28,29)/b7-6-,16-5+. The third-order valence-corrected chi connectivity index (χ3v) is 5.50. The number of amides is 1. The minimum atomic E-state index is -3.82. The average Bonchev–Trinajstić information content (AvgIpc) is 2.68. The summed E-state index contributed by atoms with van der Waals surface area (Å²) in [5.74, 6) is -0.239. The van der Waals surface area contributed by atoms with E-state index in [2.05, 4.69) is 11.9 Å². The van der Waals surface area contributed by atoms with Gasteiger partial charge in [0, 0.05) is 43.8 Å². The molecule has 0 radical (unpaired) electrons. The van der Waals surface area contributed by atoms with Gasteiger partial charge in [0.15, 0.2) is 0 Å². The Bertz CT molecular complexity index is 1210. The highest BCUT2D eigenvalue weighted by Crippen LogP contribution is 2.23. The first-order valence-electron chi connectivity index (χ1n) is 9.57. The zero-order valence-electron chi connectivity index (χ0n) is 17.8. The number of primary sulfonamides is 1. The molecule has 2 aromatic rings. The van der Waals surface area contributed by atoms with Crippen molar-refractivity contribution in [2.75, 3.05) is 25.5 Å². The summed E-state index contributed by atoms with van der Waals surface area (Å²) < 4.78 is 27.7. The zero-order valence-corrected chi connectivity index (χ0v) is 18.7. The molecule has 0 unspecified atom stereocenters. The molecule has 166 valence electrons. The fraction of sp³-hybridized carbons (Fsp3) is 0.273. The van der Waals surface area contributed by atoms with Crippen molar-refractivity contribution in [2.45, 2.75) is 19.8 Å². The number of nitrogens with zero attached hydrogens (tertiary/aromatic N) is 1. The van der Waals surface area contributed by atoms with Crippen molar-refractivity contribution in [3.8, 4) is 0 Å². The molecule has 9 heteroatoms. The maximum atomic E-state index is 12.4. The van der Waals surface area contributed by atoms with E-state index in [1.807, 2.05) is 31.1 Å². The first-order chi connectivity index (χ1) is 14.5. The van der Waals surface area contributed by atoms with Crippen LogP contribution in [0.3, 0.4) is 0 Å². The second kappa shape index (κ2) is 10.2. The van der Waals surface area contributed by atoms with Crippen molar-refractivity contribution >= 4 is 32.6 Å². The smallest absolute Gasteiger partial charge is 0.336 e. The third-order valence-electron chi connectivity index (χ3n) is 4.64. The van der Waals surface area contributed by atoms with Crippen LogP contribution in [-0.4, -0.2) is 35.0 Å². The molecule has 1 aromatic heterocycles. The lowest BCUT2D eigenvalue weighted by Crippen LogP contribution is -2.26. The Morgan fingerprint density at radius 3 is 2.58 bits per heavy atom. The summed E-state index contributed by atoms with van der Waals surface area (Å²) in [5, 5.41) is 8.52. The summed E-state index contributed by atoms with van der Waals surface area (Å²) in [5.41, 5.74) is 2.20. The number of fused-ring (bicyclic) bond motifs is 1. The van der Waals surface area contributed by atoms with Gasteiger partial charge in [0.05, 0.1) is 11.3 Å². The Morgan fingerprint density at radius 2 is 1.97 bits per heavy atom. The monoisotopic (exact) mass is 445 g/mol. The molecule has 31 heavy (non-hydrogen) atoms. The van der Waals surface area contributed by atoms with Gasteiger partial charge in [0.25, 0.3) is 0 Å². The van der Waals surface area contributed by atoms with Crippen LogP contribution in [0.1, 0.15) is 18.9 Å². The number of sulfonamides is 1. The molecule has 0 spiro atoms. The van der Waals surface area contributed by atoms with Gasteiger partial charge >= 0.3 is 5.63 Å². The van der Waals surface area contributed by atoms with Crippen LogP contribution in [0.2, 0.25) is 0 Å². The highest BCUT2D eigenvalue weighted by atomic mass is 32.2. The molecule has 1 amide bonds. The van der Waals surface area contributed by atoms with Crippen LogP contribution < -0.4 is 21.0 Å². The zero-order chi connectivity index (χ0) is 23.2. The highest BCUT2D eigenvalue weighted by Gasteiger charge is 2.11.